The van der Waals surface area contributed by atoms with Gasteiger partial charge in [-0.15, -0.1) is 0 Å². The van der Waals surface area contributed by atoms with E-state index in [1.54, 1.807) is 0 Å². The number of benzene rings is 2. The molecule has 2 aromatic carbocycles. The highest BCUT2D eigenvalue weighted by Gasteiger charge is 2.27. The molecule has 1 N–H and O–H groups in total. The lowest BCUT2D eigenvalue weighted by Gasteiger charge is -2.15. The Labute approximate surface area is 135 Å². The third-order valence-corrected chi connectivity index (χ3v) is 4.41. The fourth-order valence-corrected chi connectivity index (χ4v) is 3.01. The zero-order valence-electron chi connectivity index (χ0n) is 12.2. The second kappa shape index (κ2) is 6.51. The van der Waals surface area contributed by atoms with Crippen molar-refractivity contribution in [2.75, 3.05) is 13.1 Å². The molecular weight excluding hydrogens is 298 g/mol. The average molecular weight is 316 g/mol. The summed E-state index contributed by atoms with van der Waals surface area (Å²) >= 11 is 5.91. The van der Waals surface area contributed by atoms with E-state index >= 15 is 0 Å². The number of halogens is 1. The Morgan fingerprint density at radius 1 is 1.09 bits per heavy atom. The number of nitrogens with zero attached hydrogens (tertiary/aromatic N) is 1. The van der Waals surface area contributed by atoms with Crippen molar-refractivity contribution in [2.45, 2.75) is 13.0 Å². The molecule has 4 heteroatoms. The minimum absolute atomic E-state index is 0.214. The molecule has 3 rings (SSSR count). The minimum Gasteiger partial charge on any atom is -0.481 e. The topological polar surface area (TPSA) is 40.5 Å². The summed E-state index contributed by atoms with van der Waals surface area (Å²) in [4.78, 5) is 13.2. The summed E-state index contributed by atoms with van der Waals surface area (Å²) in [7, 11) is 0. The lowest BCUT2D eigenvalue weighted by molar-refractivity contribution is -0.141. The van der Waals surface area contributed by atoms with Gasteiger partial charge in [0, 0.05) is 18.1 Å². The standard InChI is InChI=1S/C18H18ClNO2/c19-17-7-5-15(6-8-17)14-3-1-13(2-4-14)11-20-10-9-16(12-20)18(21)22/h1-8,16H,9-12H2,(H,21,22). The maximum Gasteiger partial charge on any atom is 0.307 e. The molecule has 114 valence electrons. The first kappa shape index (κ1) is 15.1. The van der Waals surface area contributed by atoms with Gasteiger partial charge in [-0.1, -0.05) is 48.0 Å². The molecule has 0 amide bonds. The first-order chi connectivity index (χ1) is 10.6. The number of hydrogen-bond acceptors (Lipinski definition) is 2. The van der Waals surface area contributed by atoms with Crippen molar-refractivity contribution in [1.29, 1.82) is 0 Å². The summed E-state index contributed by atoms with van der Waals surface area (Å²) in [5.41, 5.74) is 3.51. The van der Waals surface area contributed by atoms with Crippen LogP contribution < -0.4 is 0 Å². The Morgan fingerprint density at radius 3 is 2.23 bits per heavy atom. The second-order valence-corrected chi connectivity index (χ2v) is 6.20. The number of aliphatic carboxylic acids is 1. The summed E-state index contributed by atoms with van der Waals surface area (Å²) < 4.78 is 0. The van der Waals surface area contributed by atoms with Gasteiger partial charge in [0.15, 0.2) is 0 Å². The molecule has 1 fully saturated rings. The molecule has 1 aliphatic heterocycles. The van der Waals surface area contributed by atoms with Gasteiger partial charge in [-0.2, -0.15) is 0 Å². The van der Waals surface area contributed by atoms with E-state index in [2.05, 4.69) is 29.2 Å². The van der Waals surface area contributed by atoms with Crippen molar-refractivity contribution in [1.82, 2.24) is 4.90 Å². The van der Waals surface area contributed by atoms with Gasteiger partial charge in [-0.05, 0) is 41.8 Å². The molecule has 1 atom stereocenters. The fourth-order valence-electron chi connectivity index (χ4n) is 2.88. The van der Waals surface area contributed by atoms with E-state index in [0.29, 0.717) is 6.54 Å². The highest BCUT2D eigenvalue weighted by molar-refractivity contribution is 6.30. The molecule has 2 aromatic rings. The van der Waals surface area contributed by atoms with Gasteiger partial charge in [0.25, 0.3) is 0 Å². The van der Waals surface area contributed by atoms with Crippen molar-refractivity contribution in [3.05, 3.63) is 59.1 Å². The van der Waals surface area contributed by atoms with Crippen LogP contribution in [0.25, 0.3) is 11.1 Å². The molecule has 3 nitrogen and oxygen atoms in total. The third-order valence-electron chi connectivity index (χ3n) is 4.16. The molecular formula is C18H18ClNO2. The zero-order valence-corrected chi connectivity index (χ0v) is 13.0. The minimum atomic E-state index is -0.680. The lowest BCUT2D eigenvalue weighted by Crippen LogP contribution is -2.22. The van der Waals surface area contributed by atoms with Crippen molar-refractivity contribution in [3.63, 3.8) is 0 Å². The molecule has 1 saturated heterocycles. The van der Waals surface area contributed by atoms with E-state index in [1.807, 2.05) is 24.3 Å². The molecule has 1 aliphatic rings. The van der Waals surface area contributed by atoms with E-state index in [9.17, 15) is 4.79 Å². The molecule has 1 unspecified atom stereocenters. The smallest absolute Gasteiger partial charge is 0.307 e. The van der Waals surface area contributed by atoms with Gasteiger partial charge < -0.3 is 5.11 Å². The Balaban J connectivity index is 1.65. The monoisotopic (exact) mass is 315 g/mol. The Kier molecular flexibility index (Phi) is 4.46. The number of carboxylic acid groups (broad SMARTS) is 1. The van der Waals surface area contributed by atoms with Crippen molar-refractivity contribution in [3.8, 4) is 11.1 Å². The fraction of sp³-hybridized carbons (Fsp3) is 0.278. The molecule has 0 aliphatic carbocycles. The Morgan fingerprint density at radius 2 is 1.68 bits per heavy atom. The van der Waals surface area contributed by atoms with E-state index in [1.165, 1.54) is 5.56 Å². The van der Waals surface area contributed by atoms with E-state index in [-0.39, 0.29) is 5.92 Å². The summed E-state index contributed by atoms with van der Waals surface area (Å²) in [5, 5.41) is 9.78. The van der Waals surface area contributed by atoms with E-state index in [0.717, 1.165) is 35.7 Å². The van der Waals surface area contributed by atoms with Gasteiger partial charge in [0.1, 0.15) is 0 Å². The summed E-state index contributed by atoms with van der Waals surface area (Å²) in [6, 6.07) is 16.2. The molecule has 0 bridgehead atoms. The lowest BCUT2D eigenvalue weighted by atomic mass is 10.0. The van der Waals surface area contributed by atoms with Crippen LogP contribution in [0.15, 0.2) is 48.5 Å². The van der Waals surface area contributed by atoms with Gasteiger partial charge in [0.05, 0.1) is 5.92 Å². The van der Waals surface area contributed by atoms with E-state index < -0.39 is 5.97 Å². The molecule has 1 heterocycles. The van der Waals surface area contributed by atoms with Crippen molar-refractivity contribution in [2.24, 2.45) is 5.92 Å². The molecule has 0 aromatic heterocycles. The number of carboxylic acids is 1. The first-order valence-corrected chi connectivity index (χ1v) is 7.79. The van der Waals surface area contributed by atoms with Crippen molar-refractivity contribution < 1.29 is 9.90 Å². The van der Waals surface area contributed by atoms with Gasteiger partial charge in [-0.25, -0.2) is 0 Å². The van der Waals surface area contributed by atoms with Crippen LogP contribution in [0.4, 0.5) is 0 Å². The van der Waals surface area contributed by atoms with Crippen LogP contribution in [0.5, 0.6) is 0 Å². The number of rotatable bonds is 4. The first-order valence-electron chi connectivity index (χ1n) is 7.42. The Hall–Kier alpha value is -1.84. The van der Waals surface area contributed by atoms with Crippen molar-refractivity contribution >= 4 is 17.6 Å². The predicted octanol–water partition coefficient (Wildman–Crippen LogP) is 3.91. The van der Waals surface area contributed by atoms with Crippen LogP contribution in [0, 0.1) is 5.92 Å². The van der Waals surface area contributed by atoms with Gasteiger partial charge in [0.2, 0.25) is 0 Å². The maximum atomic E-state index is 11.0. The highest BCUT2D eigenvalue weighted by Crippen LogP contribution is 2.23. The summed E-state index contributed by atoms with van der Waals surface area (Å²) in [5.74, 6) is -0.895. The normalized spacial score (nSPS) is 18.5. The van der Waals surface area contributed by atoms with Gasteiger partial charge in [-0.3, -0.25) is 9.69 Å². The van der Waals surface area contributed by atoms with Gasteiger partial charge >= 0.3 is 5.97 Å². The SMILES string of the molecule is O=C(O)C1CCN(Cc2ccc(-c3ccc(Cl)cc3)cc2)C1. The second-order valence-electron chi connectivity index (χ2n) is 5.76. The highest BCUT2D eigenvalue weighted by atomic mass is 35.5. The molecule has 0 saturated carbocycles. The number of carbonyl (C=O) groups is 1. The Bertz CT molecular complexity index is 652. The third kappa shape index (κ3) is 3.49. The van der Waals surface area contributed by atoms with Crippen LogP contribution in [-0.4, -0.2) is 29.1 Å². The number of likely N-dealkylation sites (tertiary alicyclic amines) is 1. The largest absolute Gasteiger partial charge is 0.481 e. The molecule has 0 radical (unpaired) electrons. The van der Waals surface area contributed by atoms with Crippen LogP contribution in [0.1, 0.15) is 12.0 Å². The molecule has 0 spiro atoms. The quantitative estimate of drug-likeness (QED) is 0.930. The number of hydrogen-bond donors (Lipinski definition) is 1. The molecule has 22 heavy (non-hydrogen) atoms. The van der Waals surface area contributed by atoms with Crippen LogP contribution in [0.3, 0.4) is 0 Å². The predicted molar refractivity (Wildman–Crippen MR) is 87.9 cm³/mol. The summed E-state index contributed by atoms with van der Waals surface area (Å²) in [6.07, 6.45) is 0.748. The van der Waals surface area contributed by atoms with Crippen LogP contribution in [-0.2, 0) is 11.3 Å². The maximum absolute atomic E-state index is 11.0. The van der Waals surface area contributed by atoms with Crippen LogP contribution >= 0.6 is 11.6 Å². The zero-order chi connectivity index (χ0) is 15.5. The summed E-state index contributed by atoms with van der Waals surface area (Å²) in [6.45, 7) is 2.31. The van der Waals surface area contributed by atoms with E-state index in [4.69, 9.17) is 16.7 Å². The average Bonchev–Trinajstić information content (AvgIpc) is 2.98. The van der Waals surface area contributed by atoms with Crippen LogP contribution in [0.2, 0.25) is 5.02 Å².